The number of aromatic nitrogens is 1. The van der Waals surface area contributed by atoms with Crippen LogP contribution in [0.3, 0.4) is 0 Å². The second-order valence-corrected chi connectivity index (χ2v) is 4.78. The first kappa shape index (κ1) is 13.1. The average molecular weight is 251 g/mol. The molecule has 0 spiro atoms. The molecule has 2 rings (SSSR count). The molecular weight excluding hydrogens is 230 g/mol. The van der Waals surface area contributed by atoms with Gasteiger partial charge in [-0.3, -0.25) is 9.69 Å². The number of hydrogen-bond acceptors (Lipinski definition) is 3. The Balaban J connectivity index is 1.97. The molecule has 0 unspecified atom stereocenters. The topological polar surface area (TPSA) is 48.7 Å². The van der Waals surface area contributed by atoms with Gasteiger partial charge in [-0.1, -0.05) is 0 Å². The van der Waals surface area contributed by atoms with Gasteiger partial charge in [0.05, 0.1) is 6.61 Å². The second kappa shape index (κ2) is 5.54. The predicted octanol–water partition coefficient (Wildman–Crippen LogP) is 0.0836. The van der Waals surface area contributed by atoms with E-state index in [1.165, 1.54) is 0 Å². The number of β-amino-alcohol motifs (C(OH)–C–C–N with tert-alkyl or cyclic N) is 1. The number of aliphatic hydroxyl groups is 1. The van der Waals surface area contributed by atoms with Crippen molar-refractivity contribution in [1.82, 2.24) is 14.4 Å². The first-order valence-corrected chi connectivity index (χ1v) is 6.38. The summed E-state index contributed by atoms with van der Waals surface area (Å²) in [5.41, 5.74) is 1.85. The van der Waals surface area contributed by atoms with Gasteiger partial charge in [-0.15, -0.1) is 0 Å². The highest BCUT2D eigenvalue weighted by atomic mass is 16.3. The summed E-state index contributed by atoms with van der Waals surface area (Å²) < 4.78 is 1.93. The van der Waals surface area contributed by atoms with Gasteiger partial charge < -0.3 is 14.6 Å². The molecule has 1 aliphatic rings. The van der Waals surface area contributed by atoms with E-state index >= 15 is 0 Å². The minimum Gasteiger partial charge on any atom is -0.395 e. The third-order valence-corrected chi connectivity index (χ3v) is 3.67. The maximum absolute atomic E-state index is 12.3. The van der Waals surface area contributed by atoms with Crippen LogP contribution in [0.4, 0.5) is 0 Å². The van der Waals surface area contributed by atoms with Crippen molar-refractivity contribution in [1.29, 1.82) is 0 Å². The minimum absolute atomic E-state index is 0.106. The fraction of sp³-hybridized carbons (Fsp3) is 0.615. The smallest absolute Gasteiger partial charge is 0.270 e. The van der Waals surface area contributed by atoms with E-state index < -0.39 is 0 Å². The van der Waals surface area contributed by atoms with Gasteiger partial charge in [0.15, 0.2) is 0 Å². The fourth-order valence-corrected chi connectivity index (χ4v) is 2.31. The Morgan fingerprint density at radius 3 is 2.44 bits per heavy atom. The van der Waals surface area contributed by atoms with Crippen LogP contribution in [-0.4, -0.2) is 64.7 Å². The van der Waals surface area contributed by atoms with Crippen molar-refractivity contribution < 1.29 is 9.90 Å². The van der Waals surface area contributed by atoms with Gasteiger partial charge in [0.1, 0.15) is 5.69 Å². The van der Waals surface area contributed by atoms with Crippen LogP contribution in [0.15, 0.2) is 12.1 Å². The molecule has 0 radical (unpaired) electrons. The van der Waals surface area contributed by atoms with Crippen LogP contribution in [0.5, 0.6) is 0 Å². The number of aryl methyl sites for hydroxylation is 1. The van der Waals surface area contributed by atoms with E-state index in [-0.39, 0.29) is 12.5 Å². The monoisotopic (exact) mass is 251 g/mol. The van der Waals surface area contributed by atoms with Crippen molar-refractivity contribution in [2.75, 3.05) is 39.3 Å². The number of amides is 1. The lowest BCUT2D eigenvalue weighted by Crippen LogP contribution is -2.49. The number of aliphatic hydroxyl groups excluding tert-OH is 1. The molecule has 0 bridgehead atoms. The molecule has 1 N–H and O–H groups in total. The maximum atomic E-state index is 12.3. The average Bonchev–Trinajstić information content (AvgIpc) is 2.71. The lowest BCUT2D eigenvalue weighted by Gasteiger charge is -2.34. The quantitative estimate of drug-likeness (QED) is 0.828. The molecule has 0 aromatic carbocycles. The highest BCUT2D eigenvalue weighted by Gasteiger charge is 2.23. The highest BCUT2D eigenvalue weighted by molar-refractivity contribution is 5.93. The van der Waals surface area contributed by atoms with Gasteiger partial charge in [-0.25, -0.2) is 0 Å². The second-order valence-electron chi connectivity index (χ2n) is 4.78. The summed E-state index contributed by atoms with van der Waals surface area (Å²) >= 11 is 0. The Hall–Kier alpha value is -1.33. The SMILES string of the molecule is Cc1ccc(C(=O)N2CCN(CCO)CC2)n1C. The summed E-state index contributed by atoms with van der Waals surface area (Å²) in [5, 5.41) is 8.89. The zero-order valence-electron chi connectivity index (χ0n) is 11.1. The molecule has 5 heteroatoms. The van der Waals surface area contributed by atoms with Crippen LogP contribution < -0.4 is 0 Å². The van der Waals surface area contributed by atoms with Crippen LogP contribution in [0, 0.1) is 6.92 Å². The fourth-order valence-electron chi connectivity index (χ4n) is 2.31. The van der Waals surface area contributed by atoms with E-state index in [0.29, 0.717) is 6.54 Å². The van der Waals surface area contributed by atoms with Crippen molar-refractivity contribution in [3.8, 4) is 0 Å². The summed E-state index contributed by atoms with van der Waals surface area (Å²) in [6, 6.07) is 3.85. The van der Waals surface area contributed by atoms with Crippen LogP contribution in [0.1, 0.15) is 16.2 Å². The molecule has 2 heterocycles. The molecule has 100 valence electrons. The highest BCUT2D eigenvalue weighted by Crippen LogP contribution is 2.11. The van der Waals surface area contributed by atoms with Crippen molar-refractivity contribution in [2.45, 2.75) is 6.92 Å². The number of piperazine rings is 1. The maximum Gasteiger partial charge on any atom is 0.270 e. The summed E-state index contributed by atoms with van der Waals surface area (Å²) in [4.78, 5) is 16.4. The number of nitrogens with zero attached hydrogens (tertiary/aromatic N) is 3. The first-order chi connectivity index (χ1) is 8.63. The van der Waals surface area contributed by atoms with E-state index in [2.05, 4.69) is 4.90 Å². The molecule has 18 heavy (non-hydrogen) atoms. The van der Waals surface area contributed by atoms with Crippen molar-refractivity contribution >= 4 is 5.91 Å². The molecule has 1 aromatic heterocycles. The molecule has 5 nitrogen and oxygen atoms in total. The van der Waals surface area contributed by atoms with Crippen molar-refractivity contribution in [3.05, 3.63) is 23.5 Å². The van der Waals surface area contributed by atoms with Crippen molar-refractivity contribution in [3.63, 3.8) is 0 Å². The standard InChI is InChI=1S/C13H21N3O2/c1-11-3-4-12(14(11)2)13(18)16-7-5-15(6-8-16)9-10-17/h3-4,17H,5-10H2,1-2H3. The molecule has 1 amide bonds. The Morgan fingerprint density at radius 2 is 1.94 bits per heavy atom. The summed E-state index contributed by atoms with van der Waals surface area (Å²) in [6.45, 7) is 6.05. The van der Waals surface area contributed by atoms with Gasteiger partial charge >= 0.3 is 0 Å². The Morgan fingerprint density at radius 1 is 1.28 bits per heavy atom. The first-order valence-electron chi connectivity index (χ1n) is 6.38. The van der Waals surface area contributed by atoms with E-state index in [4.69, 9.17) is 5.11 Å². The number of carbonyl (C=O) groups excluding carboxylic acids is 1. The van der Waals surface area contributed by atoms with Gasteiger partial charge in [-0.2, -0.15) is 0 Å². The van der Waals surface area contributed by atoms with Crippen LogP contribution in [-0.2, 0) is 7.05 Å². The summed E-state index contributed by atoms with van der Waals surface area (Å²) in [7, 11) is 1.92. The molecule has 1 aromatic rings. The van der Waals surface area contributed by atoms with Crippen LogP contribution in [0.2, 0.25) is 0 Å². The number of rotatable bonds is 3. The molecule has 1 aliphatic heterocycles. The molecule has 0 saturated carbocycles. The van der Waals surface area contributed by atoms with Crippen LogP contribution in [0.25, 0.3) is 0 Å². The van der Waals surface area contributed by atoms with E-state index in [1.54, 1.807) is 0 Å². The zero-order chi connectivity index (χ0) is 13.1. The molecular formula is C13H21N3O2. The third-order valence-electron chi connectivity index (χ3n) is 3.67. The van der Waals surface area contributed by atoms with Gasteiger partial charge in [0, 0.05) is 45.5 Å². The Bertz CT molecular complexity index is 420. The lowest BCUT2D eigenvalue weighted by molar-refractivity contribution is 0.0606. The Kier molecular flexibility index (Phi) is 4.04. The largest absolute Gasteiger partial charge is 0.395 e. The predicted molar refractivity (Wildman–Crippen MR) is 69.6 cm³/mol. The molecule has 1 saturated heterocycles. The normalized spacial score (nSPS) is 17.2. The summed E-state index contributed by atoms with van der Waals surface area (Å²) in [5.74, 6) is 0.106. The van der Waals surface area contributed by atoms with Gasteiger partial charge in [0.2, 0.25) is 0 Å². The van der Waals surface area contributed by atoms with Gasteiger partial charge in [-0.05, 0) is 19.1 Å². The molecule has 0 atom stereocenters. The lowest BCUT2D eigenvalue weighted by atomic mass is 10.2. The van der Waals surface area contributed by atoms with E-state index in [9.17, 15) is 4.79 Å². The van der Waals surface area contributed by atoms with E-state index in [0.717, 1.165) is 37.6 Å². The van der Waals surface area contributed by atoms with E-state index in [1.807, 2.05) is 35.6 Å². The minimum atomic E-state index is 0.106. The summed E-state index contributed by atoms with van der Waals surface area (Å²) in [6.07, 6.45) is 0. The number of carbonyl (C=O) groups is 1. The third kappa shape index (κ3) is 2.57. The van der Waals surface area contributed by atoms with Crippen LogP contribution >= 0.6 is 0 Å². The Labute approximate surface area is 108 Å². The zero-order valence-corrected chi connectivity index (χ0v) is 11.1. The number of hydrogen-bond donors (Lipinski definition) is 1. The van der Waals surface area contributed by atoms with Crippen molar-refractivity contribution in [2.24, 2.45) is 7.05 Å². The molecule has 0 aliphatic carbocycles. The van der Waals surface area contributed by atoms with Gasteiger partial charge in [0.25, 0.3) is 5.91 Å². The molecule has 1 fully saturated rings.